The summed E-state index contributed by atoms with van der Waals surface area (Å²) >= 11 is 0. The molecular formula is C35H28O2. The molecule has 0 saturated heterocycles. The van der Waals surface area contributed by atoms with Crippen molar-refractivity contribution in [2.75, 3.05) is 0 Å². The van der Waals surface area contributed by atoms with Gasteiger partial charge in [0, 0.05) is 35.1 Å². The number of fused-ring (bicyclic) bond motifs is 4. The van der Waals surface area contributed by atoms with E-state index in [0.29, 0.717) is 12.8 Å². The first-order chi connectivity index (χ1) is 18.1. The minimum absolute atomic E-state index is 0.618. The SMILES string of the molecule is OC1(C#CCCCC#CC2(O)c3ccccc3Cc3ccccc32)c2ccccc2Cc2ccccc21. The lowest BCUT2D eigenvalue weighted by atomic mass is 9.75. The lowest BCUT2D eigenvalue weighted by Crippen LogP contribution is -2.31. The second-order valence-electron chi connectivity index (χ2n) is 9.86. The van der Waals surface area contributed by atoms with Gasteiger partial charge in [-0.05, 0) is 41.5 Å². The molecule has 0 atom stereocenters. The van der Waals surface area contributed by atoms with Crippen molar-refractivity contribution in [3.63, 3.8) is 0 Å². The Balaban J connectivity index is 1.20. The van der Waals surface area contributed by atoms with Gasteiger partial charge in [-0.3, -0.25) is 0 Å². The lowest BCUT2D eigenvalue weighted by Gasteiger charge is -2.32. The first-order valence-corrected chi connectivity index (χ1v) is 12.9. The first-order valence-electron chi connectivity index (χ1n) is 12.9. The summed E-state index contributed by atoms with van der Waals surface area (Å²) in [5.41, 5.74) is 5.35. The van der Waals surface area contributed by atoms with Gasteiger partial charge in [0.2, 0.25) is 0 Å². The van der Waals surface area contributed by atoms with Crippen LogP contribution in [0.3, 0.4) is 0 Å². The van der Waals surface area contributed by atoms with Gasteiger partial charge in [-0.2, -0.15) is 0 Å². The molecule has 2 heteroatoms. The highest BCUT2D eigenvalue weighted by molar-refractivity contribution is 5.57. The molecule has 2 N–H and O–H groups in total. The van der Waals surface area contributed by atoms with E-state index in [4.69, 9.17) is 0 Å². The van der Waals surface area contributed by atoms with Crippen LogP contribution in [0.5, 0.6) is 0 Å². The zero-order valence-corrected chi connectivity index (χ0v) is 20.7. The summed E-state index contributed by atoms with van der Waals surface area (Å²) in [5.74, 6) is 12.8. The van der Waals surface area contributed by atoms with Crippen molar-refractivity contribution in [2.24, 2.45) is 0 Å². The van der Waals surface area contributed by atoms with Crippen LogP contribution in [0.1, 0.15) is 63.8 Å². The molecule has 0 bridgehead atoms. The molecule has 0 fully saturated rings. The summed E-state index contributed by atoms with van der Waals surface area (Å²) < 4.78 is 0. The normalized spacial score (nSPS) is 15.4. The van der Waals surface area contributed by atoms with Crippen LogP contribution in [0, 0.1) is 23.7 Å². The van der Waals surface area contributed by atoms with Crippen molar-refractivity contribution in [1.29, 1.82) is 0 Å². The van der Waals surface area contributed by atoms with E-state index >= 15 is 0 Å². The molecule has 37 heavy (non-hydrogen) atoms. The van der Waals surface area contributed by atoms with Crippen molar-refractivity contribution in [3.05, 3.63) is 142 Å². The Morgan fingerprint density at radius 3 is 1.11 bits per heavy atom. The Morgan fingerprint density at radius 2 is 0.784 bits per heavy atom. The van der Waals surface area contributed by atoms with Gasteiger partial charge in [-0.1, -0.05) is 121 Å². The third-order valence-corrected chi connectivity index (χ3v) is 7.53. The molecular weight excluding hydrogens is 452 g/mol. The summed E-state index contributed by atoms with van der Waals surface area (Å²) in [6.07, 6.45) is 3.61. The van der Waals surface area contributed by atoms with Crippen LogP contribution >= 0.6 is 0 Å². The van der Waals surface area contributed by atoms with Crippen LogP contribution < -0.4 is 0 Å². The maximum Gasteiger partial charge on any atom is 0.177 e. The molecule has 2 nitrogen and oxygen atoms in total. The van der Waals surface area contributed by atoms with E-state index in [2.05, 4.69) is 47.9 Å². The molecule has 2 aliphatic carbocycles. The molecule has 4 aromatic rings. The standard InChI is InChI=1S/C35H28O2/c36-34(30-18-8-4-14-26(30)24-27-15-5-9-19-31(27)34)22-12-2-1-3-13-23-35(37)32-20-10-6-16-28(32)25-29-17-7-11-21-33(29)35/h4-11,14-21,36-37H,1-3,24-25H2. The molecule has 0 radical (unpaired) electrons. The second-order valence-corrected chi connectivity index (χ2v) is 9.86. The van der Waals surface area contributed by atoms with Crippen molar-refractivity contribution in [2.45, 2.75) is 43.3 Å². The Labute approximate surface area is 218 Å². The predicted octanol–water partition coefficient (Wildman–Crippen LogP) is 5.84. The van der Waals surface area contributed by atoms with E-state index in [0.717, 1.165) is 63.8 Å². The molecule has 4 aromatic carbocycles. The number of unbranched alkanes of at least 4 members (excludes halogenated alkanes) is 2. The first kappa shape index (κ1) is 23.3. The quantitative estimate of drug-likeness (QED) is 0.279. The summed E-state index contributed by atoms with van der Waals surface area (Å²) in [5, 5.41) is 23.5. The largest absolute Gasteiger partial charge is 0.369 e. The molecule has 2 aliphatic rings. The summed E-state index contributed by atoms with van der Waals surface area (Å²) in [4.78, 5) is 0. The molecule has 0 amide bonds. The van der Waals surface area contributed by atoms with Crippen LogP contribution in [-0.4, -0.2) is 10.2 Å². The molecule has 0 aromatic heterocycles. The smallest absolute Gasteiger partial charge is 0.177 e. The van der Waals surface area contributed by atoms with Gasteiger partial charge in [-0.15, -0.1) is 0 Å². The maximum atomic E-state index is 11.7. The van der Waals surface area contributed by atoms with Gasteiger partial charge in [0.05, 0.1) is 0 Å². The average Bonchev–Trinajstić information content (AvgIpc) is 2.93. The predicted molar refractivity (Wildman–Crippen MR) is 147 cm³/mol. The van der Waals surface area contributed by atoms with E-state index in [9.17, 15) is 10.2 Å². The topological polar surface area (TPSA) is 40.5 Å². The highest BCUT2D eigenvalue weighted by Gasteiger charge is 2.38. The van der Waals surface area contributed by atoms with Gasteiger partial charge >= 0.3 is 0 Å². The number of hydrogen-bond donors (Lipinski definition) is 2. The van der Waals surface area contributed by atoms with Gasteiger partial charge in [0.25, 0.3) is 0 Å². The molecule has 6 rings (SSSR count). The summed E-state index contributed by atoms with van der Waals surface area (Å²) in [6, 6.07) is 32.1. The van der Waals surface area contributed by atoms with E-state index in [-0.39, 0.29) is 0 Å². The van der Waals surface area contributed by atoms with Crippen LogP contribution in [0.25, 0.3) is 0 Å². The molecule has 0 saturated carbocycles. The zero-order chi connectivity index (χ0) is 25.3. The number of rotatable bonds is 2. The fraction of sp³-hybridized carbons (Fsp3) is 0.200. The van der Waals surface area contributed by atoms with Gasteiger partial charge in [0.15, 0.2) is 11.2 Å². The third kappa shape index (κ3) is 4.06. The summed E-state index contributed by atoms with van der Waals surface area (Å²) in [7, 11) is 0. The Bertz CT molecular complexity index is 1390. The molecule has 0 aliphatic heterocycles. The average molecular weight is 481 g/mol. The number of aliphatic hydroxyl groups is 2. The Kier molecular flexibility index (Phi) is 5.94. The van der Waals surface area contributed by atoms with E-state index in [1.807, 2.05) is 72.8 Å². The van der Waals surface area contributed by atoms with Crippen molar-refractivity contribution in [1.82, 2.24) is 0 Å². The van der Waals surface area contributed by atoms with Crippen LogP contribution in [-0.2, 0) is 24.0 Å². The number of hydrogen-bond acceptors (Lipinski definition) is 2. The fourth-order valence-corrected chi connectivity index (χ4v) is 5.73. The summed E-state index contributed by atoms with van der Waals surface area (Å²) in [6.45, 7) is 0. The second kappa shape index (κ2) is 9.42. The molecule has 180 valence electrons. The monoisotopic (exact) mass is 480 g/mol. The Hall–Kier alpha value is -4.08. The fourth-order valence-electron chi connectivity index (χ4n) is 5.73. The van der Waals surface area contributed by atoms with E-state index < -0.39 is 11.2 Å². The zero-order valence-electron chi connectivity index (χ0n) is 20.7. The van der Waals surface area contributed by atoms with Crippen molar-refractivity contribution >= 4 is 0 Å². The minimum Gasteiger partial charge on any atom is -0.369 e. The van der Waals surface area contributed by atoms with E-state index in [1.54, 1.807) is 0 Å². The highest BCUT2D eigenvalue weighted by atomic mass is 16.3. The van der Waals surface area contributed by atoms with Gasteiger partial charge in [0.1, 0.15) is 0 Å². The lowest BCUT2D eigenvalue weighted by molar-refractivity contribution is 0.140. The minimum atomic E-state index is -1.30. The van der Waals surface area contributed by atoms with Crippen LogP contribution in [0.4, 0.5) is 0 Å². The molecule has 0 heterocycles. The van der Waals surface area contributed by atoms with Crippen molar-refractivity contribution in [3.8, 4) is 23.7 Å². The molecule has 0 spiro atoms. The Morgan fingerprint density at radius 1 is 0.486 bits per heavy atom. The molecule has 0 unspecified atom stereocenters. The van der Waals surface area contributed by atoms with E-state index in [1.165, 1.54) is 0 Å². The van der Waals surface area contributed by atoms with Crippen molar-refractivity contribution < 1.29 is 10.2 Å². The maximum absolute atomic E-state index is 11.7. The highest BCUT2D eigenvalue weighted by Crippen LogP contribution is 2.40. The van der Waals surface area contributed by atoms with Crippen LogP contribution in [0.2, 0.25) is 0 Å². The van der Waals surface area contributed by atoms with Gasteiger partial charge < -0.3 is 10.2 Å². The third-order valence-electron chi connectivity index (χ3n) is 7.53. The number of benzene rings is 4. The van der Waals surface area contributed by atoms with Gasteiger partial charge in [-0.25, -0.2) is 0 Å². The van der Waals surface area contributed by atoms with Crippen LogP contribution in [0.15, 0.2) is 97.1 Å².